The molecule has 0 spiro atoms. The molecule has 278 valence electrons. The normalized spacial score (nSPS) is 15.6. The summed E-state index contributed by atoms with van der Waals surface area (Å²) in [5.74, 6) is 2.57. The Morgan fingerprint density at radius 2 is 1.30 bits per heavy atom. The van der Waals surface area contributed by atoms with E-state index >= 15 is 0 Å². The molecule has 6 aromatic rings. The SMILES string of the molecule is Cc1cc(C)cc(C2=C(/C=C/c3cc(-c4ccccc4)[o+]c4cc(N(C)C)ccc34)CCC/C2=C\C=C2/C=C(c3ccccc3)Oc3cc(N(C)C)ccc32)c1. The summed E-state index contributed by atoms with van der Waals surface area (Å²) in [5.41, 5.74) is 16.4. The highest BCUT2D eigenvalue weighted by Crippen LogP contribution is 2.42. The van der Waals surface area contributed by atoms with E-state index in [9.17, 15) is 0 Å². The van der Waals surface area contributed by atoms with Crippen molar-refractivity contribution in [1.29, 1.82) is 0 Å². The van der Waals surface area contributed by atoms with Gasteiger partial charge in [-0.3, -0.25) is 0 Å². The predicted octanol–water partition coefficient (Wildman–Crippen LogP) is 13.2. The molecule has 4 heteroatoms. The van der Waals surface area contributed by atoms with Crippen LogP contribution in [-0.2, 0) is 0 Å². The van der Waals surface area contributed by atoms with Gasteiger partial charge in [0.2, 0.25) is 0 Å². The lowest BCUT2D eigenvalue weighted by molar-refractivity contribution is 0.509. The molecule has 5 aromatic carbocycles. The largest absolute Gasteiger partial charge is 0.456 e. The summed E-state index contributed by atoms with van der Waals surface area (Å²) in [6.45, 7) is 4.40. The summed E-state index contributed by atoms with van der Waals surface area (Å²) in [7, 11) is 8.26. The zero-order chi connectivity index (χ0) is 38.8. The van der Waals surface area contributed by atoms with E-state index in [1.165, 1.54) is 33.4 Å². The molecule has 8 rings (SSSR count). The molecule has 1 aromatic heterocycles. The first-order chi connectivity index (χ1) is 27.2. The first kappa shape index (κ1) is 36.6. The minimum Gasteiger partial charge on any atom is -0.456 e. The molecule has 2 aliphatic rings. The third-order valence-electron chi connectivity index (χ3n) is 10.7. The number of hydrogen-bond acceptors (Lipinski definition) is 3. The second-order valence-corrected chi connectivity index (χ2v) is 15.3. The Bertz CT molecular complexity index is 2570. The summed E-state index contributed by atoms with van der Waals surface area (Å²) >= 11 is 0. The standard InChI is InChI=1S/C52H49N2O2/c1-35-28-36(2)30-43(29-35)52-39(20-22-41-31-48(37-14-9-7-10-15-37)55-50-33-44(53(3)4)24-26-46(41)50)18-13-19-40(52)21-23-42-32-49(38-16-11-8-12-17-38)56-51-34-45(54(5)6)25-27-47(42)51/h7-12,14-17,20-34H,13,18-19H2,1-6H3/q+1. The van der Waals surface area contributed by atoms with E-state index in [1.54, 1.807) is 0 Å². The van der Waals surface area contributed by atoms with Crippen molar-refractivity contribution < 1.29 is 9.15 Å². The molecule has 2 heterocycles. The molecular weight excluding hydrogens is 685 g/mol. The smallest absolute Gasteiger partial charge is 0.363 e. The molecule has 0 unspecified atom stereocenters. The van der Waals surface area contributed by atoms with Gasteiger partial charge in [0.1, 0.15) is 11.5 Å². The highest BCUT2D eigenvalue weighted by molar-refractivity contribution is 5.93. The number of hydrogen-bond donors (Lipinski definition) is 0. The second kappa shape index (κ2) is 15.8. The number of benzene rings is 5. The second-order valence-electron chi connectivity index (χ2n) is 15.3. The van der Waals surface area contributed by atoms with Gasteiger partial charge in [-0.2, -0.15) is 0 Å². The van der Waals surface area contributed by atoms with Gasteiger partial charge in [0.25, 0.3) is 0 Å². The van der Waals surface area contributed by atoms with Crippen LogP contribution in [0.1, 0.15) is 52.6 Å². The summed E-state index contributed by atoms with van der Waals surface area (Å²) in [4.78, 5) is 4.23. The molecular formula is C52H49N2O2+. The predicted molar refractivity (Wildman–Crippen MR) is 238 cm³/mol. The number of rotatable bonds is 8. The van der Waals surface area contributed by atoms with Crippen LogP contribution in [0, 0.1) is 13.8 Å². The van der Waals surface area contributed by atoms with Gasteiger partial charge in [-0.1, -0.05) is 102 Å². The van der Waals surface area contributed by atoms with E-state index in [-0.39, 0.29) is 0 Å². The lowest BCUT2D eigenvalue weighted by Gasteiger charge is -2.24. The third-order valence-corrected chi connectivity index (χ3v) is 10.7. The first-order valence-electron chi connectivity index (χ1n) is 19.5. The molecule has 1 aliphatic heterocycles. The van der Waals surface area contributed by atoms with Crippen LogP contribution >= 0.6 is 0 Å². The van der Waals surface area contributed by atoms with Crippen molar-refractivity contribution >= 4 is 45.3 Å². The summed E-state index contributed by atoms with van der Waals surface area (Å²) in [6, 6.07) is 42.9. The van der Waals surface area contributed by atoms with E-state index < -0.39 is 0 Å². The van der Waals surface area contributed by atoms with Crippen LogP contribution in [0.15, 0.2) is 161 Å². The Morgan fingerprint density at radius 3 is 2.02 bits per heavy atom. The van der Waals surface area contributed by atoms with Gasteiger partial charge in [-0.15, -0.1) is 0 Å². The molecule has 1 aliphatic carbocycles. The maximum Gasteiger partial charge on any atom is 0.363 e. The van der Waals surface area contributed by atoms with Crippen molar-refractivity contribution in [2.24, 2.45) is 0 Å². The van der Waals surface area contributed by atoms with Crippen molar-refractivity contribution in [2.75, 3.05) is 38.0 Å². The Labute approximate surface area is 331 Å². The van der Waals surface area contributed by atoms with Gasteiger partial charge in [-0.05, 0) is 103 Å². The number of nitrogens with zero attached hydrogens (tertiary/aromatic N) is 2. The van der Waals surface area contributed by atoms with Crippen LogP contribution < -0.4 is 14.5 Å². The molecule has 0 atom stereocenters. The van der Waals surface area contributed by atoms with Crippen LogP contribution in [0.5, 0.6) is 5.75 Å². The van der Waals surface area contributed by atoms with Crippen molar-refractivity contribution in [2.45, 2.75) is 33.1 Å². The topological polar surface area (TPSA) is 27.0 Å². The molecule has 0 radical (unpaired) electrons. The summed E-state index contributed by atoms with van der Waals surface area (Å²) in [6.07, 6.45) is 14.6. The van der Waals surface area contributed by atoms with Crippen LogP contribution in [0.3, 0.4) is 0 Å². The minimum absolute atomic E-state index is 0.852. The minimum atomic E-state index is 0.852. The van der Waals surface area contributed by atoms with E-state index in [2.05, 4.69) is 191 Å². The fraction of sp³-hybridized carbons (Fsp3) is 0.173. The molecule has 4 nitrogen and oxygen atoms in total. The number of fused-ring (bicyclic) bond motifs is 2. The average molecular weight is 734 g/mol. The van der Waals surface area contributed by atoms with Gasteiger partial charge < -0.3 is 14.5 Å². The zero-order valence-corrected chi connectivity index (χ0v) is 33.3. The Hall–Kier alpha value is -6.39. The Morgan fingerprint density at radius 1 is 0.625 bits per heavy atom. The molecule has 0 saturated heterocycles. The number of anilines is 2. The van der Waals surface area contributed by atoms with Crippen molar-refractivity contribution in [3.63, 3.8) is 0 Å². The monoisotopic (exact) mass is 733 g/mol. The Balaban J connectivity index is 1.28. The first-order valence-corrected chi connectivity index (χ1v) is 19.5. The van der Waals surface area contributed by atoms with E-state index in [0.29, 0.717) is 0 Å². The van der Waals surface area contributed by atoms with Gasteiger partial charge in [0, 0.05) is 62.3 Å². The van der Waals surface area contributed by atoms with Gasteiger partial charge in [-0.25, -0.2) is 4.42 Å². The lowest BCUT2D eigenvalue weighted by Crippen LogP contribution is -2.10. The van der Waals surface area contributed by atoms with Crippen LogP contribution in [-0.4, -0.2) is 28.2 Å². The Kier molecular flexibility index (Phi) is 10.3. The maximum absolute atomic E-state index is 6.57. The van der Waals surface area contributed by atoms with E-state index in [1.807, 2.05) is 12.1 Å². The van der Waals surface area contributed by atoms with Gasteiger partial charge in [0.05, 0.1) is 23.1 Å². The quantitative estimate of drug-likeness (QED) is 0.146. The van der Waals surface area contributed by atoms with Crippen LogP contribution in [0.2, 0.25) is 0 Å². The molecule has 0 fully saturated rings. The van der Waals surface area contributed by atoms with Crippen LogP contribution in [0.4, 0.5) is 11.4 Å². The molecule has 0 bridgehead atoms. The molecule has 0 N–H and O–H groups in total. The molecule has 0 saturated carbocycles. The summed E-state index contributed by atoms with van der Waals surface area (Å²) < 4.78 is 13.1. The average Bonchev–Trinajstić information content (AvgIpc) is 3.21. The number of aryl methyl sites for hydroxylation is 2. The fourth-order valence-electron chi connectivity index (χ4n) is 7.85. The van der Waals surface area contributed by atoms with Crippen molar-refractivity contribution in [3.8, 4) is 17.1 Å². The van der Waals surface area contributed by atoms with Crippen LogP contribution in [0.25, 0.3) is 45.3 Å². The molecule has 56 heavy (non-hydrogen) atoms. The fourth-order valence-corrected chi connectivity index (χ4v) is 7.85. The zero-order valence-electron chi connectivity index (χ0n) is 33.3. The van der Waals surface area contributed by atoms with Gasteiger partial charge in [0.15, 0.2) is 0 Å². The number of allylic oxidation sites excluding steroid dienone is 8. The number of ether oxygens (including phenoxy) is 1. The highest BCUT2D eigenvalue weighted by atomic mass is 16.5. The van der Waals surface area contributed by atoms with Crippen molar-refractivity contribution in [1.82, 2.24) is 0 Å². The maximum atomic E-state index is 6.57. The third kappa shape index (κ3) is 7.74. The van der Waals surface area contributed by atoms with E-state index in [4.69, 9.17) is 9.15 Å². The van der Waals surface area contributed by atoms with E-state index in [0.717, 1.165) is 86.7 Å². The molecule has 0 amide bonds. The summed E-state index contributed by atoms with van der Waals surface area (Å²) in [5, 5.41) is 1.09. The lowest BCUT2D eigenvalue weighted by atomic mass is 9.81. The van der Waals surface area contributed by atoms with Gasteiger partial charge >= 0.3 is 11.3 Å². The van der Waals surface area contributed by atoms with Crippen molar-refractivity contribution in [3.05, 3.63) is 190 Å². The highest BCUT2D eigenvalue weighted by Gasteiger charge is 2.23.